The monoisotopic (exact) mass is 188 g/mol. The molecule has 0 N–H and O–H groups in total. The molecule has 0 saturated heterocycles. The molecule has 1 unspecified atom stereocenters. The number of aryl methyl sites for hydroxylation is 1. The summed E-state index contributed by atoms with van der Waals surface area (Å²) >= 11 is 0. The summed E-state index contributed by atoms with van der Waals surface area (Å²) in [5.41, 5.74) is 1.57. The van der Waals surface area contributed by atoms with E-state index in [0.717, 1.165) is 24.4 Å². The first-order chi connectivity index (χ1) is 6.69. The minimum atomic E-state index is 0.485. The molecule has 1 atom stereocenters. The number of rotatable bonds is 4. The van der Waals surface area contributed by atoms with Crippen LogP contribution in [0.5, 0.6) is 0 Å². The van der Waals surface area contributed by atoms with Gasteiger partial charge in [0.05, 0.1) is 0 Å². The lowest BCUT2D eigenvalue weighted by molar-refractivity contribution is 0.563. The maximum Gasteiger partial charge on any atom is 0.131 e. The molecule has 0 aliphatic carbocycles. The molecule has 0 bridgehead atoms. The van der Waals surface area contributed by atoms with Gasteiger partial charge in [-0.2, -0.15) is 0 Å². The molecule has 1 heterocycles. The Kier molecular flexibility index (Phi) is 4.11. The van der Waals surface area contributed by atoms with Gasteiger partial charge in [0.1, 0.15) is 13.7 Å². The van der Waals surface area contributed by atoms with Gasteiger partial charge in [-0.15, -0.1) is 0 Å². The summed E-state index contributed by atoms with van der Waals surface area (Å²) in [6.07, 6.45) is 5.14. The first-order valence-corrected chi connectivity index (χ1v) is 5.28. The van der Waals surface area contributed by atoms with Crippen LogP contribution in [-0.4, -0.2) is 17.8 Å². The van der Waals surface area contributed by atoms with Crippen LogP contribution in [0.25, 0.3) is 0 Å². The number of aromatic nitrogens is 2. The van der Waals surface area contributed by atoms with Crippen molar-refractivity contribution in [3.8, 4) is 0 Å². The normalized spacial score (nSPS) is 12.8. The maximum atomic E-state index is 5.68. The fraction of sp³-hybridized carbons (Fsp3) is 0.636. The van der Waals surface area contributed by atoms with Crippen molar-refractivity contribution in [2.24, 2.45) is 0 Å². The quantitative estimate of drug-likeness (QED) is 0.674. The van der Waals surface area contributed by atoms with Crippen molar-refractivity contribution in [2.45, 2.75) is 46.0 Å². The summed E-state index contributed by atoms with van der Waals surface area (Å²) in [6.45, 7) is 6.29. The van der Waals surface area contributed by atoms with Crippen LogP contribution < -0.4 is 5.46 Å². The average Bonchev–Trinajstić information content (AvgIpc) is 2.19. The van der Waals surface area contributed by atoms with Crippen molar-refractivity contribution >= 4 is 13.3 Å². The molecular formula is C11H17BN2. The van der Waals surface area contributed by atoms with Gasteiger partial charge >= 0.3 is 0 Å². The average molecular weight is 188 g/mol. The van der Waals surface area contributed by atoms with Crippen LogP contribution >= 0.6 is 0 Å². The van der Waals surface area contributed by atoms with Gasteiger partial charge < -0.3 is 0 Å². The van der Waals surface area contributed by atoms with Crippen molar-refractivity contribution in [2.75, 3.05) is 0 Å². The van der Waals surface area contributed by atoms with Crippen molar-refractivity contribution in [1.29, 1.82) is 0 Å². The van der Waals surface area contributed by atoms with E-state index in [4.69, 9.17) is 7.85 Å². The Morgan fingerprint density at radius 2 is 2.14 bits per heavy atom. The van der Waals surface area contributed by atoms with Crippen molar-refractivity contribution in [1.82, 2.24) is 9.97 Å². The molecule has 14 heavy (non-hydrogen) atoms. The second-order valence-electron chi connectivity index (χ2n) is 3.66. The minimum Gasteiger partial charge on any atom is -0.242 e. The Bertz CT molecular complexity index is 299. The van der Waals surface area contributed by atoms with Crippen molar-refractivity contribution in [3.05, 3.63) is 17.7 Å². The first-order valence-electron chi connectivity index (χ1n) is 5.28. The van der Waals surface area contributed by atoms with E-state index in [2.05, 4.69) is 23.8 Å². The highest BCUT2D eigenvalue weighted by atomic mass is 14.9. The number of hydrogen-bond acceptors (Lipinski definition) is 2. The van der Waals surface area contributed by atoms with Gasteiger partial charge in [0.15, 0.2) is 0 Å². The van der Waals surface area contributed by atoms with Crippen LogP contribution in [0.2, 0.25) is 0 Å². The third kappa shape index (κ3) is 2.57. The lowest BCUT2D eigenvalue weighted by Gasteiger charge is -2.13. The first kappa shape index (κ1) is 11.2. The molecule has 2 radical (unpaired) electrons. The summed E-state index contributed by atoms with van der Waals surface area (Å²) in [4.78, 5) is 8.72. The largest absolute Gasteiger partial charge is 0.242 e. The van der Waals surface area contributed by atoms with Crippen LogP contribution in [0.1, 0.15) is 50.5 Å². The second-order valence-corrected chi connectivity index (χ2v) is 3.66. The van der Waals surface area contributed by atoms with Gasteiger partial charge in [-0.05, 0) is 19.8 Å². The molecule has 0 saturated carbocycles. The molecule has 1 aromatic heterocycles. The van der Waals surface area contributed by atoms with E-state index >= 15 is 0 Å². The highest BCUT2D eigenvalue weighted by Crippen LogP contribution is 2.20. The minimum absolute atomic E-state index is 0.485. The fourth-order valence-corrected chi connectivity index (χ4v) is 1.56. The van der Waals surface area contributed by atoms with E-state index in [1.165, 1.54) is 6.42 Å². The summed E-state index contributed by atoms with van der Waals surface area (Å²) in [5, 5.41) is 0. The zero-order valence-electron chi connectivity index (χ0n) is 9.25. The fourth-order valence-electron chi connectivity index (χ4n) is 1.56. The van der Waals surface area contributed by atoms with Crippen LogP contribution in [0.15, 0.2) is 6.20 Å². The van der Waals surface area contributed by atoms with Gasteiger partial charge in [0, 0.05) is 17.8 Å². The Morgan fingerprint density at radius 1 is 1.43 bits per heavy atom. The topological polar surface area (TPSA) is 25.8 Å². The third-order valence-corrected chi connectivity index (χ3v) is 2.53. The summed E-state index contributed by atoms with van der Waals surface area (Å²) in [6, 6.07) is 0. The maximum absolute atomic E-state index is 5.68. The van der Waals surface area contributed by atoms with Crippen LogP contribution in [0.4, 0.5) is 0 Å². The van der Waals surface area contributed by atoms with Crippen LogP contribution in [0.3, 0.4) is 0 Å². The molecule has 1 aromatic rings. The van der Waals surface area contributed by atoms with Gasteiger partial charge in [-0.25, -0.2) is 9.97 Å². The van der Waals surface area contributed by atoms with E-state index in [1.54, 1.807) is 6.20 Å². The van der Waals surface area contributed by atoms with E-state index in [9.17, 15) is 0 Å². The van der Waals surface area contributed by atoms with E-state index in [1.807, 2.05) is 6.92 Å². The zero-order chi connectivity index (χ0) is 10.6. The van der Waals surface area contributed by atoms with Gasteiger partial charge in [0.2, 0.25) is 0 Å². The van der Waals surface area contributed by atoms with E-state index < -0.39 is 0 Å². The predicted octanol–water partition coefficient (Wildman–Crippen LogP) is 1.87. The Labute approximate surface area is 87.6 Å². The second kappa shape index (κ2) is 5.13. The van der Waals surface area contributed by atoms with E-state index in [-0.39, 0.29) is 0 Å². The lowest BCUT2D eigenvalue weighted by Crippen LogP contribution is -2.15. The van der Waals surface area contributed by atoms with Gasteiger partial charge in [-0.1, -0.05) is 25.7 Å². The van der Waals surface area contributed by atoms with Gasteiger partial charge in [0.25, 0.3) is 0 Å². The summed E-state index contributed by atoms with van der Waals surface area (Å²) in [5.74, 6) is 1.43. The number of hydrogen-bond donors (Lipinski definition) is 0. The highest BCUT2D eigenvalue weighted by Gasteiger charge is 2.11. The smallest absolute Gasteiger partial charge is 0.131 e. The summed E-state index contributed by atoms with van der Waals surface area (Å²) in [7, 11) is 5.68. The molecule has 2 nitrogen and oxygen atoms in total. The Hall–Kier alpha value is -0.855. The Morgan fingerprint density at radius 3 is 2.64 bits per heavy atom. The van der Waals surface area contributed by atoms with Crippen LogP contribution in [-0.2, 0) is 0 Å². The highest BCUT2D eigenvalue weighted by molar-refractivity contribution is 6.32. The lowest BCUT2D eigenvalue weighted by atomic mass is 9.95. The molecule has 0 fully saturated rings. The van der Waals surface area contributed by atoms with Crippen LogP contribution in [0, 0.1) is 6.92 Å². The standard InChI is InChI=1S/C11H17BN2/c1-4-6-9(5-2)11-13-7-10(12)8(3)14-11/h7,9H,4-6H2,1-3H3. The van der Waals surface area contributed by atoms with E-state index in [0.29, 0.717) is 11.4 Å². The predicted molar refractivity (Wildman–Crippen MR) is 60.1 cm³/mol. The molecule has 0 aromatic carbocycles. The molecule has 0 amide bonds. The van der Waals surface area contributed by atoms with Crippen molar-refractivity contribution in [3.63, 3.8) is 0 Å². The van der Waals surface area contributed by atoms with Crippen molar-refractivity contribution < 1.29 is 0 Å². The molecular weight excluding hydrogens is 171 g/mol. The zero-order valence-corrected chi connectivity index (χ0v) is 9.25. The SMILES string of the molecule is [B]c1cnc(C(CC)CCC)nc1C. The molecule has 1 rings (SSSR count). The molecule has 0 aliphatic rings. The molecule has 74 valence electrons. The third-order valence-electron chi connectivity index (χ3n) is 2.53. The Balaban J connectivity index is 2.88. The molecule has 0 aliphatic heterocycles. The molecule has 0 spiro atoms. The number of nitrogens with zero attached hydrogens (tertiary/aromatic N) is 2. The molecule has 3 heteroatoms. The van der Waals surface area contributed by atoms with Gasteiger partial charge in [-0.3, -0.25) is 0 Å². The summed E-state index contributed by atoms with van der Waals surface area (Å²) < 4.78 is 0.